The second kappa shape index (κ2) is 5.33. The Morgan fingerprint density at radius 1 is 1.38 bits per heavy atom. The molecule has 1 aliphatic carbocycles. The van der Waals surface area contributed by atoms with Gasteiger partial charge in [-0.1, -0.05) is 25.8 Å². The van der Waals surface area contributed by atoms with E-state index in [0.717, 1.165) is 29.9 Å². The maximum atomic E-state index is 4.47. The van der Waals surface area contributed by atoms with Gasteiger partial charge in [0.15, 0.2) is 0 Å². The number of nitrogens with zero attached hydrogens (tertiary/aromatic N) is 1. The second-order valence-corrected chi connectivity index (χ2v) is 5.18. The Morgan fingerprint density at radius 3 is 3.00 bits per heavy atom. The maximum absolute atomic E-state index is 4.47. The molecule has 2 nitrogen and oxygen atoms in total. The summed E-state index contributed by atoms with van der Waals surface area (Å²) in [5, 5.41) is 3.46. The van der Waals surface area contributed by atoms with Crippen molar-refractivity contribution in [3.05, 3.63) is 23.9 Å². The molecule has 2 atom stereocenters. The first-order chi connectivity index (χ1) is 7.74. The number of hydrogen-bond donors (Lipinski definition) is 1. The molecule has 1 heterocycles. The lowest BCUT2D eigenvalue weighted by molar-refractivity contribution is 0.293. The predicted octanol–water partition coefficient (Wildman–Crippen LogP) is 3.63. The van der Waals surface area contributed by atoms with Crippen LogP contribution in [0.2, 0.25) is 0 Å². The molecule has 0 aliphatic heterocycles. The largest absolute Gasteiger partial charge is 0.370 e. The van der Waals surface area contributed by atoms with E-state index >= 15 is 0 Å². The van der Waals surface area contributed by atoms with Gasteiger partial charge in [-0.15, -0.1) is 0 Å². The molecule has 1 aromatic rings. The molecule has 1 aliphatic rings. The lowest BCUT2D eigenvalue weighted by Gasteiger charge is -2.26. The summed E-state index contributed by atoms with van der Waals surface area (Å²) in [4.78, 5) is 4.47. The minimum absolute atomic E-state index is 0.839. The lowest BCUT2D eigenvalue weighted by Crippen LogP contribution is -2.21. The highest BCUT2D eigenvalue weighted by Gasteiger charge is 2.18. The number of aromatic nitrogens is 1. The molecule has 0 radical (unpaired) electrons. The van der Waals surface area contributed by atoms with E-state index in [-0.39, 0.29) is 0 Å². The average molecular weight is 218 g/mol. The number of hydrogen-bond acceptors (Lipinski definition) is 2. The number of pyridine rings is 1. The van der Waals surface area contributed by atoms with Gasteiger partial charge < -0.3 is 5.32 Å². The molecule has 0 spiro atoms. The van der Waals surface area contributed by atoms with Crippen molar-refractivity contribution in [3.8, 4) is 0 Å². The Labute approximate surface area is 98.5 Å². The van der Waals surface area contributed by atoms with Crippen LogP contribution in [0.3, 0.4) is 0 Å². The molecular formula is C14H22N2. The topological polar surface area (TPSA) is 24.9 Å². The third-order valence-corrected chi connectivity index (χ3v) is 3.51. The number of rotatable bonds is 3. The van der Waals surface area contributed by atoms with Crippen LogP contribution in [0.1, 0.15) is 38.3 Å². The normalized spacial score (nSPS) is 25.4. The predicted molar refractivity (Wildman–Crippen MR) is 68.6 cm³/mol. The first-order valence-electron chi connectivity index (χ1n) is 6.41. The summed E-state index contributed by atoms with van der Waals surface area (Å²) in [6.45, 7) is 5.49. The molecule has 0 amide bonds. The fourth-order valence-corrected chi connectivity index (χ4v) is 2.64. The van der Waals surface area contributed by atoms with Gasteiger partial charge >= 0.3 is 0 Å². The SMILES string of the molecule is Cc1cccc(NCC2CCCC(C)C2)n1. The zero-order valence-corrected chi connectivity index (χ0v) is 10.4. The van der Waals surface area contributed by atoms with Gasteiger partial charge in [-0.05, 0) is 43.7 Å². The van der Waals surface area contributed by atoms with E-state index in [1.165, 1.54) is 25.7 Å². The quantitative estimate of drug-likeness (QED) is 0.838. The van der Waals surface area contributed by atoms with E-state index in [1.54, 1.807) is 0 Å². The molecule has 1 fully saturated rings. The van der Waals surface area contributed by atoms with Crippen molar-refractivity contribution < 1.29 is 0 Å². The molecule has 16 heavy (non-hydrogen) atoms. The Hall–Kier alpha value is -1.05. The molecule has 2 rings (SSSR count). The summed E-state index contributed by atoms with van der Waals surface area (Å²) < 4.78 is 0. The third kappa shape index (κ3) is 3.22. The highest BCUT2D eigenvalue weighted by molar-refractivity contribution is 5.34. The molecule has 0 bridgehead atoms. The summed E-state index contributed by atoms with van der Waals surface area (Å²) in [5.41, 5.74) is 1.09. The molecule has 0 saturated heterocycles. The van der Waals surface area contributed by atoms with Crippen molar-refractivity contribution in [2.75, 3.05) is 11.9 Å². The van der Waals surface area contributed by atoms with Crippen LogP contribution in [0.15, 0.2) is 18.2 Å². The molecule has 1 saturated carbocycles. The lowest BCUT2D eigenvalue weighted by atomic mass is 9.82. The van der Waals surface area contributed by atoms with E-state index in [4.69, 9.17) is 0 Å². The number of nitrogens with one attached hydrogen (secondary N) is 1. The fourth-order valence-electron chi connectivity index (χ4n) is 2.64. The minimum Gasteiger partial charge on any atom is -0.370 e. The Morgan fingerprint density at radius 2 is 2.25 bits per heavy atom. The first-order valence-corrected chi connectivity index (χ1v) is 6.41. The number of anilines is 1. The van der Waals surface area contributed by atoms with E-state index < -0.39 is 0 Å². The molecule has 88 valence electrons. The highest BCUT2D eigenvalue weighted by atomic mass is 15.0. The standard InChI is InChI=1S/C14H22N2/c1-11-5-3-7-13(9-11)10-15-14-8-4-6-12(2)16-14/h4,6,8,11,13H,3,5,7,9-10H2,1-2H3,(H,15,16). The van der Waals surface area contributed by atoms with Gasteiger partial charge in [0.2, 0.25) is 0 Å². The van der Waals surface area contributed by atoms with Crippen LogP contribution < -0.4 is 5.32 Å². The molecule has 2 heteroatoms. The van der Waals surface area contributed by atoms with E-state index in [9.17, 15) is 0 Å². The minimum atomic E-state index is 0.839. The highest BCUT2D eigenvalue weighted by Crippen LogP contribution is 2.28. The zero-order chi connectivity index (χ0) is 11.4. The number of aryl methyl sites for hydroxylation is 1. The van der Waals surface area contributed by atoms with Crippen molar-refractivity contribution in [2.24, 2.45) is 11.8 Å². The van der Waals surface area contributed by atoms with Gasteiger partial charge in [0.05, 0.1) is 0 Å². The Bertz CT molecular complexity index is 335. The average Bonchev–Trinajstić information content (AvgIpc) is 2.27. The van der Waals surface area contributed by atoms with Crippen LogP contribution in [0, 0.1) is 18.8 Å². The molecule has 1 N–H and O–H groups in total. The van der Waals surface area contributed by atoms with Crippen molar-refractivity contribution >= 4 is 5.82 Å². The molecule has 1 aromatic heterocycles. The van der Waals surface area contributed by atoms with Crippen LogP contribution in [0.5, 0.6) is 0 Å². The summed E-state index contributed by atoms with van der Waals surface area (Å²) in [5.74, 6) is 2.77. The van der Waals surface area contributed by atoms with Crippen molar-refractivity contribution in [1.82, 2.24) is 4.98 Å². The van der Waals surface area contributed by atoms with Gasteiger partial charge in [-0.3, -0.25) is 0 Å². The third-order valence-electron chi connectivity index (χ3n) is 3.51. The zero-order valence-electron chi connectivity index (χ0n) is 10.4. The second-order valence-electron chi connectivity index (χ2n) is 5.18. The van der Waals surface area contributed by atoms with Crippen LogP contribution in [0.4, 0.5) is 5.82 Å². The van der Waals surface area contributed by atoms with Crippen molar-refractivity contribution in [1.29, 1.82) is 0 Å². The molecule has 0 aromatic carbocycles. The van der Waals surface area contributed by atoms with Gasteiger partial charge in [0.1, 0.15) is 5.82 Å². The van der Waals surface area contributed by atoms with Crippen LogP contribution in [-0.4, -0.2) is 11.5 Å². The summed E-state index contributed by atoms with van der Waals surface area (Å²) in [6, 6.07) is 6.15. The van der Waals surface area contributed by atoms with Crippen LogP contribution in [0.25, 0.3) is 0 Å². The Kier molecular flexibility index (Phi) is 3.81. The van der Waals surface area contributed by atoms with E-state index in [1.807, 2.05) is 13.0 Å². The van der Waals surface area contributed by atoms with Crippen molar-refractivity contribution in [3.63, 3.8) is 0 Å². The first kappa shape index (κ1) is 11.4. The maximum Gasteiger partial charge on any atom is 0.126 e. The fraction of sp³-hybridized carbons (Fsp3) is 0.643. The molecule has 2 unspecified atom stereocenters. The monoisotopic (exact) mass is 218 g/mol. The van der Waals surface area contributed by atoms with Gasteiger partial charge in [-0.2, -0.15) is 0 Å². The van der Waals surface area contributed by atoms with Gasteiger partial charge in [0, 0.05) is 12.2 Å². The van der Waals surface area contributed by atoms with Crippen LogP contribution in [-0.2, 0) is 0 Å². The molecular weight excluding hydrogens is 196 g/mol. The van der Waals surface area contributed by atoms with Crippen LogP contribution >= 0.6 is 0 Å². The van der Waals surface area contributed by atoms with E-state index in [2.05, 4.69) is 29.4 Å². The summed E-state index contributed by atoms with van der Waals surface area (Å²) in [7, 11) is 0. The Balaban J connectivity index is 1.82. The van der Waals surface area contributed by atoms with E-state index in [0.29, 0.717) is 0 Å². The summed E-state index contributed by atoms with van der Waals surface area (Å²) >= 11 is 0. The van der Waals surface area contributed by atoms with Gasteiger partial charge in [0.25, 0.3) is 0 Å². The van der Waals surface area contributed by atoms with Crippen molar-refractivity contribution in [2.45, 2.75) is 39.5 Å². The smallest absolute Gasteiger partial charge is 0.126 e. The van der Waals surface area contributed by atoms with Gasteiger partial charge in [-0.25, -0.2) is 4.98 Å². The summed E-state index contributed by atoms with van der Waals surface area (Å²) in [6.07, 6.45) is 5.57.